The number of carbonyl (C=O) groups is 1. The second-order valence-electron chi connectivity index (χ2n) is 4.19. The fourth-order valence-electron chi connectivity index (χ4n) is 1.61. The summed E-state index contributed by atoms with van der Waals surface area (Å²) in [6.07, 6.45) is 3.22. The number of alkyl halides is 1. The van der Waals surface area contributed by atoms with Crippen LogP contribution in [0, 0.1) is 11.3 Å². The van der Waals surface area contributed by atoms with Crippen molar-refractivity contribution in [3.63, 3.8) is 0 Å². The first-order chi connectivity index (χ1) is 8.43. The van der Waals surface area contributed by atoms with E-state index in [1.54, 1.807) is 6.08 Å². The molecule has 0 aromatic rings. The van der Waals surface area contributed by atoms with Crippen LogP contribution in [0.1, 0.15) is 20.3 Å². The molecule has 1 atom stereocenters. The molecule has 1 unspecified atom stereocenters. The molecule has 0 radical (unpaired) electrons. The minimum absolute atomic E-state index is 0.0562. The third-order valence-electron chi connectivity index (χ3n) is 2.33. The fraction of sp³-hybridized carbons (Fsp3) is 0.500. The number of hydrogen-bond donors (Lipinski definition) is 2. The molecule has 3 N–H and O–H groups in total. The van der Waals surface area contributed by atoms with E-state index in [1.165, 1.54) is 0 Å². The summed E-state index contributed by atoms with van der Waals surface area (Å²) in [6.45, 7) is 3.86. The molecule has 6 heteroatoms. The van der Waals surface area contributed by atoms with Gasteiger partial charge in [-0.05, 0) is 26.3 Å². The zero-order valence-corrected chi connectivity index (χ0v) is 11.2. The molecule has 0 aromatic heterocycles. The molecule has 1 amide bonds. The SMILES string of the molecule is CC(C)OC1=CCC(C(=N)OC(N)=O)C=C1CCl. The molecule has 1 aliphatic carbocycles. The molecule has 0 aromatic carbocycles. The lowest BCUT2D eigenvalue weighted by molar-refractivity contribution is 0.152. The minimum atomic E-state index is -0.978. The zero-order chi connectivity index (χ0) is 13.7. The average Bonchev–Trinajstić information content (AvgIpc) is 2.27. The average molecular weight is 273 g/mol. The van der Waals surface area contributed by atoms with Gasteiger partial charge in [-0.1, -0.05) is 6.08 Å². The van der Waals surface area contributed by atoms with Crippen LogP contribution in [-0.2, 0) is 9.47 Å². The van der Waals surface area contributed by atoms with Crippen LogP contribution in [0.5, 0.6) is 0 Å². The van der Waals surface area contributed by atoms with Gasteiger partial charge in [0.25, 0.3) is 0 Å². The Morgan fingerprint density at radius 2 is 2.33 bits per heavy atom. The molecule has 0 aliphatic heterocycles. The number of nitrogens with one attached hydrogen (secondary N) is 1. The van der Waals surface area contributed by atoms with Crippen molar-refractivity contribution in [2.75, 3.05) is 5.88 Å². The predicted molar refractivity (Wildman–Crippen MR) is 69.6 cm³/mol. The lowest BCUT2D eigenvalue weighted by atomic mass is 9.95. The Morgan fingerprint density at radius 3 is 2.83 bits per heavy atom. The number of nitrogens with two attached hydrogens (primary N) is 1. The predicted octanol–water partition coefficient (Wildman–Crippen LogP) is 2.55. The van der Waals surface area contributed by atoms with Crippen molar-refractivity contribution in [2.24, 2.45) is 11.7 Å². The first-order valence-corrected chi connectivity index (χ1v) is 6.17. The first-order valence-electron chi connectivity index (χ1n) is 5.63. The lowest BCUT2D eigenvalue weighted by Crippen LogP contribution is -2.25. The maximum atomic E-state index is 10.6. The van der Waals surface area contributed by atoms with Gasteiger partial charge in [0, 0.05) is 5.57 Å². The van der Waals surface area contributed by atoms with E-state index in [-0.39, 0.29) is 23.8 Å². The Morgan fingerprint density at radius 1 is 1.67 bits per heavy atom. The second kappa shape index (κ2) is 6.44. The summed E-state index contributed by atoms with van der Waals surface area (Å²) < 4.78 is 10.2. The van der Waals surface area contributed by atoms with Gasteiger partial charge in [-0.25, -0.2) is 4.79 Å². The van der Waals surface area contributed by atoms with Crippen molar-refractivity contribution in [1.82, 2.24) is 0 Å². The molecule has 0 saturated heterocycles. The molecule has 0 heterocycles. The summed E-state index contributed by atoms with van der Waals surface area (Å²) in [5.41, 5.74) is 5.66. The number of rotatable bonds is 4. The van der Waals surface area contributed by atoms with Gasteiger partial charge in [-0.3, -0.25) is 5.41 Å². The summed E-state index contributed by atoms with van der Waals surface area (Å²) in [6, 6.07) is 0. The number of hydrogen-bond acceptors (Lipinski definition) is 4. The third-order valence-corrected chi connectivity index (χ3v) is 2.62. The number of amides is 1. The Kier molecular flexibility index (Phi) is 5.22. The van der Waals surface area contributed by atoms with Crippen molar-refractivity contribution in [3.05, 3.63) is 23.5 Å². The van der Waals surface area contributed by atoms with Crippen molar-refractivity contribution >= 4 is 23.6 Å². The molecule has 1 rings (SSSR count). The Balaban J connectivity index is 2.75. The molecule has 1 aliphatic rings. The number of carbonyl (C=O) groups excluding carboxylic acids is 1. The van der Waals surface area contributed by atoms with Gasteiger partial charge in [-0.15, -0.1) is 11.6 Å². The number of halogens is 1. The molecular weight excluding hydrogens is 256 g/mol. The molecular formula is C12H17ClN2O3. The monoisotopic (exact) mass is 272 g/mol. The number of allylic oxidation sites excluding steroid dienone is 2. The van der Waals surface area contributed by atoms with Crippen molar-refractivity contribution in [3.8, 4) is 0 Å². The van der Waals surface area contributed by atoms with E-state index in [0.717, 1.165) is 11.3 Å². The first kappa shape index (κ1) is 14.6. The van der Waals surface area contributed by atoms with Crippen LogP contribution in [0.25, 0.3) is 0 Å². The molecule has 18 heavy (non-hydrogen) atoms. The van der Waals surface area contributed by atoms with Crippen LogP contribution < -0.4 is 5.73 Å². The van der Waals surface area contributed by atoms with Gasteiger partial charge >= 0.3 is 6.09 Å². The van der Waals surface area contributed by atoms with Crippen molar-refractivity contribution < 1.29 is 14.3 Å². The highest BCUT2D eigenvalue weighted by atomic mass is 35.5. The van der Waals surface area contributed by atoms with Gasteiger partial charge in [0.1, 0.15) is 5.76 Å². The molecule has 0 bridgehead atoms. The molecule has 100 valence electrons. The standard InChI is InChI=1S/C12H17ClN2O3/c1-7(2)17-10-4-3-8(5-9(10)6-13)11(14)18-12(15)16/h4-5,7-8,14H,3,6H2,1-2H3,(H2,15,16). The fourth-order valence-corrected chi connectivity index (χ4v) is 1.83. The van der Waals surface area contributed by atoms with Gasteiger partial charge in [-0.2, -0.15) is 0 Å². The van der Waals surface area contributed by atoms with E-state index >= 15 is 0 Å². The highest BCUT2D eigenvalue weighted by Crippen LogP contribution is 2.26. The van der Waals surface area contributed by atoms with E-state index in [1.807, 2.05) is 19.9 Å². The quantitative estimate of drug-likeness (QED) is 0.468. The van der Waals surface area contributed by atoms with Crippen LogP contribution >= 0.6 is 11.6 Å². The highest BCUT2D eigenvalue weighted by molar-refractivity contribution is 6.19. The maximum Gasteiger partial charge on any atom is 0.411 e. The van der Waals surface area contributed by atoms with E-state index in [2.05, 4.69) is 4.74 Å². The van der Waals surface area contributed by atoms with Crippen LogP contribution in [-0.4, -0.2) is 24.0 Å². The smallest absolute Gasteiger partial charge is 0.411 e. The van der Waals surface area contributed by atoms with Crippen LogP contribution in [0.3, 0.4) is 0 Å². The highest BCUT2D eigenvalue weighted by Gasteiger charge is 2.22. The van der Waals surface area contributed by atoms with Crippen LogP contribution in [0.15, 0.2) is 23.5 Å². The molecule has 0 fully saturated rings. The summed E-state index contributed by atoms with van der Waals surface area (Å²) in [5.74, 6) is 0.498. The maximum absolute atomic E-state index is 10.6. The van der Waals surface area contributed by atoms with Gasteiger partial charge in [0.15, 0.2) is 5.90 Å². The Bertz CT molecular complexity index is 402. The molecule has 0 spiro atoms. The third kappa shape index (κ3) is 4.07. The normalized spacial score (nSPS) is 19.0. The van der Waals surface area contributed by atoms with E-state index in [0.29, 0.717) is 6.42 Å². The van der Waals surface area contributed by atoms with Gasteiger partial charge in [0.2, 0.25) is 0 Å². The minimum Gasteiger partial charge on any atom is -0.491 e. The summed E-state index contributed by atoms with van der Waals surface area (Å²) in [7, 11) is 0. The van der Waals surface area contributed by atoms with Crippen LogP contribution in [0.2, 0.25) is 0 Å². The van der Waals surface area contributed by atoms with Gasteiger partial charge < -0.3 is 15.2 Å². The van der Waals surface area contributed by atoms with E-state index in [4.69, 9.17) is 27.5 Å². The van der Waals surface area contributed by atoms with E-state index < -0.39 is 6.09 Å². The van der Waals surface area contributed by atoms with Crippen molar-refractivity contribution in [2.45, 2.75) is 26.4 Å². The Labute approximate surface area is 111 Å². The summed E-state index contributed by atoms with van der Waals surface area (Å²) in [5, 5.41) is 7.61. The second-order valence-corrected chi connectivity index (χ2v) is 4.46. The van der Waals surface area contributed by atoms with Crippen molar-refractivity contribution in [1.29, 1.82) is 5.41 Å². The summed E-state index contributed by atoms with van der Waals surface area (Å²) >= 11 is 5.84. The zero-order valence-electron chi connectivity index (χ0n) is 10.4. The Hall–Kier alpha value is -1.49. The number of primary amides is 1. The number of ether oxygens (including phenoxy) is 2. The largest absolute Gasteiger partial charge is 0.491 e. The lowest BCUT2D eigenvalue weighted by Gasteiger charge is -2.22. The van der Waals surface area contributed by atoms with Crippen LogP contribution in [0.4, 0.5) is 4.79 Å². The topological polar surface area (TPSA) is 85.4 Å². The summed E-state index contributed by atoms with van der Waals surface area (Å²) in [4.78, 5) is 10.6. The van der Waals surface area contributed by atoms with Gasteiger partial charge in [0.05, 0.1) is 17.9 Å². The van der Waals surface area contributed by atoms with E-state index in [9.17, 15) is 4.79 Å². The molecule has 5 nitrogen and oxygen atoms in total. The molecule has 0 saturated carbocycles.